The lowest BCUT2D eigenvalue weighted by molar-refractivity contribution is -0.145. The average molecular weight is 458 g/mol. The van der Waals surface area contributed by atoms with Gasteiger partial charge in [-0.1, -0.05) is 88.4 Å². The molecule has 1 aromatic heterocycles. The third-order valence-electron chi connectivity index (χ3n) is 6.39. The first-order valence-electron chi connectivity index (χ1n) is 12.3. The van der Waals surface area contributed by atoms with E-state index in [9.17, 15) is 9.59 Å². The number of benzene rings is 1. The standard InChI is InChI=1S/C27H36ClNO3/c1-2-3-4-5-6-7-8-9-10-13-20-32-27(31)22-18-19-29-24(22)16-17-25(29)26(30)21-14-11-12-15-23(21)28/h11-12,14-17,22H,2-10,13,18-20H2,1H3. The number of hydrogen-bond donors (Lipinski definition) is 0. The summed E-state index contributed by atoms with van der Waals surface area (Å²) >= 11 is 6.20. The van der Waals surface area contributed by atoms with E-state index in [0.29, 0.717) is 35.9 Å². The number of esters is 1. The van der Waals surface area contributed by atoms with Crippen molar-refractivity contribution in [3.63, 3.8) is 0 Å². The topological polar surface area (TPSA) is 48.3 Å². The van der Waals surface area contributed by atoms with E-state index in [1.807, 2.05) is 16.7 Å². The number of ketones is 1. The highest BCUT2D eigenvalue weighted by Crippen LogP contribution is 2.33. The van der Waals surface area contributed by atoms with Crippen LogP contribution in [0.4, 0.5) is 0 Å². The van der Waals surface area contributed by atoms with Gasteiger partial charge >= 0.3 is 5.97 Å². The second kappa shape index (κ2) is 12.8. The Morgan fingerprint density at radius 2 is 1.59 bits per heavy atom. The maximum atomic E-state index is 12.9. The van der Waals surface area contributed by atoms with Gasteiger partial charge in [0, 0.05) is 17.8 Å². The molecule has 2 heterocycles. The molecule has 0 bridgehead atoms. The Morgan fingerprint density at radius 3 is 2.28 bits per heavy atom. The third-order valence-corrected chi connectivity index (χ3v) is 6.72. The van der Waals surface area contributed by atoms with Crippen molar-refractivity contribution in [1.82, 2.24) is 4.57 Å². The Balaban J connectivity index is 1.39. The van der Waals surface area contributed by atoms with Crippen molar-refractivity contribution in [1.29, 1.82) is 0 Å². The molecule has 0 aliphatic carbocycles. The molecule has 5 heteroatoms. The first-order valence-corrected chi connectivity index (χ1v) is 12.7. The second-order valence-electron chi connectivity index (χ2n) is 8.79. The minimum absolute atomic E-state index is 0.110. The summed E-state index contributed by atoms with van der Waals surface area (Å²) in [6, 6.07) is 10.7. The van der Waals surface area contributed by atoms with Crippen molar-refractivity contribution in [3.05, 3.63) is 58.4 Å². The summed E-state index contributed by atoms with van der Waals surface area (Å²) in [6.45, 7) is 3.38. The SMILES string of the molecule is CCCCCCCCCCCCOC(=O)C1CCn2c(C(=O)c3ccccc3Cl)ccc21. The minimum Gasteiger partial charge on any atom is -0.465 e. The van der Waals surface area contributed by atoms with E-state index in [2.05, 4.69) is 6.92 Å². The van der Waals surface area contributed by atoms with E-state index >= 15 is 0 Å². The van der Waals surface area contributed by atoms with Crippen LogP contribution < -0.4 is 0 Å². The molecule has 174 valence electrons. The van der Waals surface area contributed by atoms with Crippen LogP contribution >= 0.6 is 11.6 Å². The van der Waals surface area contributed by atoms with Crippen molar-refractivity contribution in [2.75, 3.05) is 6.61 Å². The molecule has 1 atom stereocenters. The van der Waals surface area contributed by atoms with Crippen LogP contribution in [-0.4, -0.2) is 22.9 Å². The van der Waals surface area contributed by atoms with Crippen LogP contribution in [0.3, 0.4) is 0 Å². The molecule has 0 radical (unpaired) electrons. The van der Waals surface area contributed by atoms with E-state index in [1.54, 1.807) is 24.3 Å². The second-order valence-corrected chi connectivity index (χ2v) is 9.20. The van der Waals surface area contributed by atoms with E-state index in [0.717, 1.165) is 18.5 Å². The lowest BCUT2D eigenvalue weighted by Crippen LogP contribution is -2.14. The molecule has 0 saturated heterocycles. The summed E-state index contributed by atoms with van der Waals surface area (Å²) in [5.74, 6) is -0.568. The Labute approximate surface area is 197 Å². The molecule has 32 heavy (non-hydrogen) atoms. The number of unbranched alkanes of at least 4 members (excludes halogenated alkanes) is 9. The zero-order valence-electron chi connectivity index (χ0n) is 19.3. The van der Waals surface area contributed by atoms with Gasteiger partial charge in [-0.25, -0.2) is 0 Å². The summed E-state index contributed by atoms with van der Waals surface area (Å²) in [5, 5.41) is 0.443. The van der Waals surface area contributed by atoms with Crippen molar-refractivity contribution >= 4 is 23.4 Å². The fourth-order valence-corrected chi connectivity index (χ4v) is 4.75. The highest BCUT2D eigenvalue weighted by molar-refractivity contribution is 6.34. The lowest BCUT2D eigenvalue weighted by Gasteiger charge is -2.10. The van der Waals surface area contributed by atoms with Gasteiger partial charge in [0.1, 0.15) is 0 Å². The number of halogens is 1. The van der Waals surface area contributed by atoms with Crippen LogP contribution in [0.2, 0.25) is 5.02 Å². The minimum atomic E-state index is -0.286. The van der Waals surface area contributed by atoms with E-state index in [1.165, 1.54) is 51.4 Å². The largest absolute Gasteiger partial charge is 0.465 e. The number of carbonyl (C=O) groups is 2. The maximum absolute atomic E-state index is 12.9. The Kier molecular flexibility index (Phi) is 9.86. The normalized spacial score (nSPS) is 15.0. The number of fused-ring (bicyclic) bond motifs is 1. The smallest absolute Gasteiger partial charge is 0.315 e. The summed E-state index contributed by atoms with van der Waals surface area (Å²) in [6.07, 6.45) is 13.2. The molecule has 1 aliphatic rings. The van der Waals surface area contributed by atoms with Gasteiger partial charge in [0.05, 0.1) is 23.2 Å². The molecular formula is C27H36ClNO3. The highest BCUT2D eigenvalue weighted by atomic mass is 35.5. The molecule has 0 amide bonds. The number of hydrogen-bond acceptors (Lipinski definition) is 3. The predicted octanol–water partition coefficient (Wildman–Crippen LogP) is 7.32. The molecule has 1 aliphatic heterocycles. The number of nitrogens with zero attached hydrogens (tertiary/aromatic N) is 1. The zero-order chi connectivity index (χ0) is 22.8. The molecule has 1 unspecified atom stereocenters. The highest BCUT2D eigenvalue weighted by Gasteiger charge is 2.33. The summed E-state index contributed by atoms with van der Waals surface area (Å²) in [4.78, 5) is 25.6. The van der Waals surface area contributed by atoms with Crippen LogP contribution in [0.1, 0.15) is 105 Å². The number of rotatable bonds is 14. The van der Waals surface area contributed by atoms with Crippen LogP contribution in [0.15, 0.2) is 36.4 Å². The van der Waals surface area contributed by atoms with Gasteiger partial charge < -0.3 is 9.30 Å². The summed E-state index contributed by atoms with van der Waals surface area (Å²) in [5.41, 5.74) is 1.94. The average Bonchev–Trinajstić information content (AvgIpc) is 3.39. The molecular weight excluding hydrogens is 422 g/mol. The van der Waals surface area contributed by atoms with Gasteiger partial charge in [0.25, 0.3) is 0 Å². The molecule has 1 aromatic carbocycles. The predicted molar refractivity (Wildman–Crippen MR) is 129 cm³/mol. The molecule has 0 N–H and O–H groups in total. The fourth-order valence-electron chi connectivity index (χ4n) is 4.53. The summed E-state index contributed by atoms with van der Waals surface area (Å²) < 4.78 is 7.51. The van der Waals surface area contributed by atoms with Gasteiger partial charge in [0.15, 0.2) is 0 Å². The van der Waals surface area contributed by atoms with E-state index < -0.39 is 0 Å². The van der Waals surface area contributed by atoms with Gasteiger partial charge in [-0.15, -0.1) is 0 Å². The Bertz CT molecular complexity index is 889. The van der Waals surface area contributed by atoms with Gasteiger partial charge in [-0.05, 0) is 37.1 Å². The summed E-state index contributed by atoms with van der Waals surface area (Å²) in [7, 11) is 0. The Morgan fingerprint density at radius 1 is 0.938 bits per heavy atom. The van der Waals surface area contributed by atoms with Crippen molar-refractivity contribution < 1.29 is 14.3 Å². The first kappa shape index (κ1) is 24.6. The van der Waals surface area contributed by atoms with E-state index in [-0.39, 0.29) is 17.7 Å². The Hall–Kier alpha value is -2.07. The van der Waals surface area contributed by atoms with Crippen molar-refractivity contribution in [3.8, 4) is 0 Å². The molecule has 0 fully saturated rings. The van der Waals surface area contributed by atoms with Crippen molar-refractivity contribution in [2.45, 2.75) is 90.0 Å². The molecule has 2 aromatic rings. The monoisotopic (exact) mass is 457 g/mol. The molecule has 0 spiro atoms. The number of aromatic nitrogens is 1. The van der Waals surface area contributed by atoms with Gasteiger partial charge in [-0.3, -0.25) is 9.59 Å². The zero-order valence-corrected chi connectivity index (χ0v) is 20.0. The van der Waals surface area contributed by atoms with Crippen LogP contribution in [0.25, 0.3) is 0 Å². The molecule has 3 rings (SSSR count). The lowest BCUT2D eigenvalue weighted by atomic mass is 10.0. The van der Waals surface area contributed by atoms with Crippen LogP contribution in [0.5, 0.6) is 0 Å². The van der Waals surface area contributed by atoms with Crippen LogP contribution in [-0.2, 0) is 16.1 Å². The number of carbonyl (C=O) groups excluding carboxylic acids is 2. The van der Waals surface area contributed by atoms with Gasteiger partial charge in [-0.2, -0.15) is 0 Å². The van der Waals surface area contributed by atoms with E-state index in [4.69, 9.17) is 16.3 Å². The fraction of sp³-hybridized carbons (Fsp3) is 0.556. The first-order chi connectivity index (χ1) is 15.6. The van der Waals surface area contributed by atoms with Crippen molar-refractivity contribution in [2.24, 2.45) is 0 Å². The quantitative estimate of drug-likeness (QED) is 0.169. The van der Waals surface area contributed by atoms with Crippen LogP contribution in [0, 0.1) is 0 Å². The maximum Gasteiger partial charge on any atom is 0.315 e. The molecule has 4 nitrogen and oxygen atoms in total. The van der Waals surface area contributed by atoms with Gasteiger partial charge in [0.2, 0.25) is 5.78 Å². The third kappa shape index (κ3) is 6.48. The number of ether oxygens (including phenoxy) is 1. The molecule has 0 saturated carbocycles.